The van der Waals surface area contributed by atoms with Crippen LogP contribution >= 0.6 is 0 Å². The molecule has 0 rings (SSSR count). The predicted octanol–water partition coefficient (Wildman–Crippen LogP) is 2.11. The molecule has 0 radical (unpaired) electrons. The van der Waals surface area contributed by atoms with E-state index in [1.807, 2.05) is 0 Å². The normalized spacial score (nSPS) is 12.8. The van der Waals surface area contributed by atoms with Crippen molar-refractivity contribution in [3.05, 3.63) is 0 Å². The Morgan fingerprint density at radius 1 is 1.25 bits per heavy atom. The molecule has 98 valence electrons. The van der Waals surface area contributed by atoms with E-state index in [1.165, 1.54) is 6.42 Å². The van der Waals surface area contributed by atoms with Crippen LogP contribution in [0.3, 0.4) is 0 Å². The standard InChI is InChI=1S/C13H30N2O/c1-12(2)11-15(9-10-16-5)8-6-7-13(3,4)14/h12H,6-11,14H2,1-5H3. The molecule has 3 nitrogen and oxygen atoms in total. The van der Waals surface area contributed by atoms with Crippen molar-refractivity contribution in [2.24, 2.45) is 11.7 Å². The molecule has 16 heavy (non-hydrogen) atoms. The van der Waals surface area contributed by atoms with Crippen molar-refractivity contribution < 1.29 is 4.74 Å². The Morgan fingerprint density at radius 2 is 1.88 bits per heavy atom. The first kappa shape index (κ1) is 15.9. The minimum Gasteiger partial charge on any atom is -0.383 e. The van der Waals surface area contributed by atoms with Gasteiger partial charge in [0, 0.05) is 25.7 Å². The van der Waals surface area contributed by atoms with Gasteiger partial charge < -0.3 is 15.4 Å². The number of ether oxygens (including phenoxy) is 1. The average molecular weight is 230 g/mol. The maximum absolute atomic E-state index is 5.98. The maximum Gasteiger partial charge on any atom is 0.0589 e. The molecule has 0 aromatic heterocycles. The third-order valence-electron chi connectivity index (χ3n) is 2.53. The van der Waals surface area contributed by atoms with Crippen molar-refractivity contribution in [1.82, 2.24) is 4.90 Å². The molecule has 0 saturated heterocycles. The Kier molecular flexibility index (Phi) is 7.98. The van der Waals surface area contributed by atoms with E-state index >= 15 is 0 Å². The molecule has 0 heterocycles. The Morgan fingerprint density at radius 3 is 2.31 bits per heavy atom. The lowest BCUT2D eigenvalue weighted by atomic mass is 10.00. The van der Waals surface area contributed by atoms with Crippen molar-refractivity contribution in [1.29, 1.82) is 0 Å². The molecule has 0 amide bonds. The van der Waals surface area contributed by atoms with Gasteiger partial charge in [-0.3, -0.25) is 0 Å². The first-order valence-corrected chi connectivity index (χ1v) is 6.35. The molecule has 0 atom stereocenters. The van der Waals surface area contributed by atoms with Crippen LogP contribution in [0.15, 0.2) is 0 Å². The number of hydrogen-bond donors (Lipinski definition) is 1. The van der Waals surface area contributed by atoms with Gasteiger partial charge in [-0.25, -0.2) is 0 Å². The second-order valence-electron chi connectivity index (χ2n) is 5.78. The SMILES string of the molecule is COCCN(CCCC(C)(C)N)CC(C)C. The average Bonchev–Trinajstić information content (AvgIpc) is 2.11. The molecule has 0 aliphatic heterocycles. The first-order chi connectivity index (χ1) is 7.35. The van der Waals surface area contributed by atoms with E-state index in [1.54, 1.807) is 7.11 Å². The molecule has 0 unspecified atom stereocenters. The quantitative estimate of drug-likeness (QED) is 0.659. The van der Waals surface area contributed by atoms with Crippen LogP contribution in [0.5, 0.6) is 0 Å². The molecule has 0 aromatic carbocycles. The van der Waals surface area contributed by atoms with E-state index in [9.17, 15) is 0 Å². The summed E-state index contributed by atoms with van der Waals surface area (Å²) in [5.41, 5.74) is 5.94. The highest BCUT2D eigenvalue weighted by Gasteiger charge is 2.12. The van der Waals surface area contributed by atoms with Crippen LogP contribution in [0.1, 0.15) is 40.5 Å². The van der Waals surface area contributed by atoms with Crippen LogP contribution in [0.2, 0.25) is 0 Å². The van der Waals surface area contributed by atoms with Gasteiger partial charge >= 0.3 is 0 Å². The molecule has 0 aliphatic carbocycles. The van der Waals surface area contributed by atoms with E-state index in [-0.39, 0.29) is 5.54 Å². The zero-order valence-corrected chi connectivity index (χ0v) is 11.8. The summed E-state index contributed by atoms with van der Waals surface area (Å²) in [6.45, 7) is 12.8. The number of nitrogens with two attached hydrogens (primary N) is 1. The Balaban J connectivity index is 3.82. The number of rotatable bonds is 9. The predicted molar refractivity (Wildman–Crippen MR) is 70.7 cm³/mol. The highest BCUT2D eigenvalue weighted by Crippen LogP contribution is 2.09. The van der Waals surface area contributed by atoms with Gasteiger partial charge in [0.05, 0.1) is 6.61 Å². The number of hydrogen-bond acceptors (Lipinski definition) is 3. The number of nitrogens with zero attached hydrogens (tertiary/aromatic N) is 1. The molecular formula is C13H30N2O. The molecule has 0 aliphatic rings. The van der Waals surface area contributed by atoms with Gasteiger partial charge in [-0.15, -0.1) is 0 Å². The van der Waals surface area contributed by atoms with Crippen molar-refractivity contribution in [3.63, 3.8) is 0 Å². The van der Waals surface area contributed by atoms with E-state index in [4.69, 9.17) is 10.5 Å². The zero-order valence-electron chi connectivity index (χ0n) is 11.8. The molecule has 0 saturated carbocycles. The smallest absolute Gasteiger partial charge is 0.0589 e. The van der Waals surface area contributed by atoms with Gasteiger partial charge in [-0.1, -0.05) is 13.8 Å². The lowest BCUT2D eigenvalue weighted by molar-refractivity contribution is 0.137. The molecular weight excluding hydrogens is 200 g/mol. The topological polar surface area (TPSA) is 38.5 Å². The zero-order chi connectivity index (χ0) is 12.6. The Bertz CT molecular complexity index is 164. The summed E-state index contributed by atoms with van der Waals surface area (Å²) in [6.07, 6.45) is 2.24. The van der Waals surface area contributed by atoms with Crippen LogP contribution < -0.4 is 5.73 Å². The third kappa shape index (κ3) is 10.4. The summed E-state index contributed by atoms with van der Waals surface area (Å²) < 4.78 is 5.13. The monoisotopic (exact) mass is 230 g/mol. The van der Waals surface area contributed by atoms with Crippen LogP contribution in [-0.2, 0) is 4.74 Å². The van der Waals surface area contributed by atoms with E-state index in [2.05, 4.69) is 32.6 Å². The van der Waals surface area contributed by atoms with E-state index in [0.29, 0.717) is 5.92 Å². The van der Waals surface area contributed by atoms with Crippen LogP contribution in [0, 0.1) is 5.92 Å². The van der Waals surface area contributed by atoms with Gasteiger partial charge in [-0.05, 0) is 39.2 Å². The highest BCUT2D eigenvalue weighted by molar-refractivity contribution is 4.72. The summed E-state index contributed by atoms with van der Waals surface area (Å²) in [7, 11) is 1.76. The maximum atomic E-state index is 5.98. The summed E-state index contributed by atoms with van der Waals surface area (Å²) in [6, 6.07) is 0. The van der Waals surface area contributed by atoms with Crippen molar-refractivity contribution >= 4 is 0 Å². The van der Waals surface area contributed by atoms with Gasteiger partial charge in [0.25, 0.3) is 0 Å². The summed E-state index contributed by atoms with van der Waals surface area (Å²) in [5.74, 6) is 0.711. The van der Waals surface area contributed by atoms with E-state index < -0.39 is 0 Å². The Hall–Kier alpha value is -0.120. The van der Waals surface area contributed by atoms with Gasteiger partial charge in [0.1, 0.15) is 0 Å². The van der Waals surface area contributed by atoms with Crippen LogP contribution in [0.25, 0.3) is 0 Å². The molecule has 2 N–H and O–H groups in total. The number of methoxy groups -OCH3 is 1. The first-order valence-electron chi connectivity index (χ1n) is 6.35. The van der Waals surface area contributed by atoms with Crippen LogP contribution in [-0.4, -0.2) is 43.8 Å². The Labute approximate surface area is 101 Å². The third-order valence-corrected chi connectivity index (χ3v) is 2.53. The van der Waals surface area contributed by atoms with E-state index in [0.717, 1.165) is 32.7 Å². The fraction of sp³-hybridized carbons (Fsp3) is 1.00. The fourth-order valence-corrected chi connectivity index (χ4v) is 1.79. The summed E-state index contributed by atoms with van der Waals surface area (Å²) in [4.78, 5) is 2.47. The van der Waals surface area contributed by atoms with Crippen molar-refractivity contribution in [3.8, 4) is 0 Å². The summed E-state index contributed by atoms with van der Waals surface area (Å²) >= 11 is 0. The fourth-order valence-electron chi connectivity index (χ4n) is 1.79. The van der Waals surface area contributed by atoms with Crippen LogP contribution in [0.4, 0.5) is 0 Å². The van der Waals surface area contributed by atoms with Gasteiger partial charge in [-0.2, -0.15) is 0 Å². The van der Waals surface area contributed by atoms with Gasteiger partial charge in [0.15, 0.2) is 0 Å². The lowest BCUT2D eigenvalue weighted by Gasteiger charge is -2.26. The summed E-state index contributed by atoms with van der Waals surface area (Å²) in [5, 5.41) is 0. The minimum atomic E-state index is -0.0369. The van der Waals surface area contributed by atoms with Crippen molar-refractivity contribution in [2.75, 3.05) is 33.4 Å². The largest absolute Gasteiger partial charge is 0.383 e. The second kappa shape index (κ2) is 8.04. The van der Waals surface area contributed by atoms with Crippen molar-refractivity contribution in [2.45, 2.75) is 46.1 Å². The molecule has 0 aromatic rings. The lowest BCUT2D eigenvalue weighted by Crippen LogP contribution is -2.35. The van der Waals surface area contributed by atoms with Gasteiger partial charge in [0.2, 0.25) is 0 Å². The molecule has 3 heteroatoms. The molecule has 0 spiro atoms. The molecule has 0 bridgehead atoms. The molecule has 0 fully saturated rings. The highest BCUT2D eigenvalue weighted by atomic mass is 16.5. The second-order valence-corrected chi connectivity index (χ2v) is 5.78. The minimum absolute atomic E-state index is 0.0369.